The van der Waals surface area contributed by atoms with Crippen LogP contribution in [-0.4, -0.2) is 17.9 Å². The molecule has 0 radical (unpaired) electrons. The van der Waals surface area contributed by atoms with Crippen molar-refractivity contribution in [1.82, 2.24) is 10.6 Å². The third-order valence-corrected chi connectivity index (χ3v) is 6.59. The van der Waals surface area contributed by atoms with Gasteiger partial charge >= 0.3 is 0 Å². The van der Waals surface area contributed by atoms with Crippen LogP contribution in [0.4, 0.5) is 0 Å². The SMILES string of the molecule is Cc1ccccc1C(=O)N/C(=C\c1cccs1)C(=O)N[C@H]1C[C@H]2CC[C@@H]1C2. The number of aryl methyl sites for hydroxylation is 1. The van der Waals surface area contributed by atoms with Gasteiger partial charge in [-0.15, -0.1) is 11.3 Å². The molecule has 3 atom stereocenters. The van der Waals surface area contributed by atoms with E-state index in [1.165, 1.54) is 19.3 Å². The Morgan fingerprint density at radius 2 is 1.96 bits per heavy atom. The van der Waals surface area contributed by atoms with E-state index in [-0.39, 0.29) is 17.9 Å². The molecule has 27 heavy (non-hydrogen) atoms. The molecule has 1 aromatic carbocycles. The number of hydrogen-bond donors (Lipinski definition) is 2. The summed E-state index contributed by atoms with van der Waals surface area (Å²) in [5.74, 6) is 0.905. The first-order valence-electron chi connectivity index (χ1n) is 9.53. The third kappa shape index (κ3) is 3.98. The number of thiophene rings is 1. The van der Waals surface area contributed by atoms with Gasteiger partial charge in [-0.3, -0.25) is 9.59 Å². The van der Waals surface area contributed by atoms with E-state index in [1.807, 2.05) is 42.6 Å². The van der Waals surface area contributed by atoms with Gasteiger partial charge in [0.25, 0.3) is 11.8 Å². The Labute approximate surface area is 163 Å². The highest BCUT2D eigenvalue weighted by molar-refractivity contribution is 7.10. The largest absolute Gasteiger partial charge is 0.348 e. The Morgan fingerprint density at radius 1 is 1.11 bits per heavy atom. The lowest BCUT2D eigenvalue weighted by molar-refractivity contribution is -0.118. The molecule has 2 fully saturated rings. The highest BCUT2D eigenvalue weighted by atomic mass is 32.1. The molecule has 140 valence electrons. The summed E-state index contributed by atoms with van der Waals surface area (Å²) in [6, 6.07) is 11.5. The third-order valence-electron chi connectivity index (χ3n) is 5.77. The molecule has 2 aromatic rings. The van der Waals surface area contributed by atoms with Crippen molar-refractivity contribution in [2.24, 2.45) is 11.8 Å². The summed E-state index contributed by atoms with van der Waals surface area (Å²) in [6.07, 6.45) is 6.55. The van der Waals surface area contributed by atoms with Crippen LogP contribution in [0.15, 0.2) is 47.5 Å². The lowest BCUT2D eigenvalue weighted by Gasteiger charge is -2.23. The molecule has 2 N–H and O–H groups in total. The van der Waals surface area contributed by atoms with E-state index in [4.69, 9.17) is 0 Å². The van der Waals surface area contributed by atoms with Crippen molar-refractivity contribution < 1.29 is 9.59 Å². The molecular formula is C22H24N2O2S. The van der Waals surface area contributed by atoms with Gasteiger partial charge in [-0.1, -0.05) is 30.7 Å². The molecule has 5 heteroatoms. The molecule has 2 bridgehead atoms. The maximum absolute atomic E-state index is 13.0. The van der Waals surface area contributed by atoms with Crippen LogP contribution in [0.5, 0.6) is 0 Å². The van der Waals surface area contributed by atoms with Gasteiger partial charge in [0.15, 0.2) is 0 Å². The highest BCUT2D eigenvalue weighted by Crippen LogP contribution is 2.44. The van der Waals surface area contributed by atoms with E-state index in [1.54, 1.807) is 23.5 Å². The van der Waals surface area contributed by atoms with Crippen LogP contribution in [0.25, 0.3) is 6.08 Å². The molecule has 0 aliphatic heterocycles. The van der Waals surface area contributed by atoms with Gasteiger partial charge in [-0.05, 0) is 67.2 Å². The quantitative estimate of drug-likeness (QED) is 0.766. The first-order valence-corrected chi connectivity index (χ1v) is 10.4. The zero-order chi connectivity index (χ0) is 18.8. The molecule has 1 aromatic heterocycles. The molecule has 0 unspecified atom stereocenters. The molecule has 4 nitrogen and oxygen atoms in total. The second kappa shape index (κ2) is 7.69. The molecule has 4 rings (SSSR count). The monoisotopic (exact) mass is 380 g/mol. The fourth-order valence-electron chi connectivity index (χ4n) is 4.36. The van der Waals surface area contributed by atoms with E-state index in [0.717, 1.165) is 22.8 Å². The van der Waals surface area contributed by atoms with Crippen molar-refractivity contribution in [3.63, 3.8) is 0 Å². The Hall–Kier alpha value is -2.40. The van der Waals surface area contributed by atoms with E-state index >= 15 is 0 Å². The zero-order valence-electron chi connectivity index (χ0n) is 15.4. The van der Waals surface area contributed by atoms with Gasteiger partial charge in [0, 0.05) is 16.5 Å². The van der Waals surface area contributed by atoms with Gasteiger partial charge in [-0.2, -0.15) is 0 Å². The molecule has 2 aliphatic carbocycles. The van der Waals surface area contributed by atoms with Crippen LogP contribution in [0.3, 0.4) is 0 Å². The van der Waals surface area contributed by atoms with Gasteiger partial charge in [0.1, 0.15) is 5.70 Å². The minimum atomic E-state index is -0.251. The van der Waals surface area contributed by atoms with E-state index in [9.17, 15) is 9.59 Å². The van der Waals surface area contributed by atoms with Crippen LogP contribution in [0, 0.1) is 18.8 Å². The van der Waals surface area contributed by atoms with Gasteiger partial charge < -0.3 is 10.6 Å². The summed E-state index contributed by atoms with van der Waals surface area (Å²) in [4.78, 5) is 26.7. The molecular weight excluding hydrogens is 356 g/mol. The second-order valence-electron chi connectivity index (χ2n) is 7.60. The first kappa shape index (κ1) is 18.0. The maximum Gasteiger partial charge on any atom is 0.268 e. The smallest absolute Gasteiger partial charge is 0.268 e. The minimum Gasteiger partial charge on any atom is -0.348 e. The van der Waals surface area contributed by atoms with Crippen molar-refractivity contribution in [2.45, 2.75) is 38.6 Å². The first-order chi connectivity index (χ1) is 13.1. The summed E-state index contributed by atoms with van der Waals surface area (Å²) >= 11 is 1.54. The van der Waals surface area contributed by atoms with E-state index < -0.39 is 0 Å². The topological polar surface area (TPSA) is 58.2 Å². The average molecular weight is 381 g/mol. The van der Waals surface area contributed by atoms with Crippen LogP contribution < -0.4 is 10.6 Å². The molecule has 0 saturated heterocycles. The molecule has 2 saturated carbocycles. The van der Waals surface area contributed by atoms with Crippen LogP contribution in [-0.2, 0) is 4.79 Å². The minimum absolute atomic E-state index is 0.192. The number of rotatable bonds is 5. The molecule has 2 aliphatic rings. The maximum atomic E-state index is 13.0. The lowest BCUT2D eigenvalue weighted by Crippen LogP contribution is -2.42. The number of benzene rings is 1. The van der Waals surface area contributed by atoms with Crippen molar-refractivity contribution in [3.8, 4) is 0 Å². The summed E-state index contributed by atoms with van der Waals surface area (Å²) in [5, 5.41) is 7.98. The van der Waals surface area contributed by atoms with Gasteiger partial charge in [0.05, 0.1) is 0 Å². The molecule has 1 heterocycles. The number of fused-ring (bicyclic) bond motifs is 2. The van der Waals surface area contributed by atoms with Crippen molar-refractivity contribution in [2.75, 3.05) is 0 Å². The zero-order valence-corrected chi connectivity index (χ0v) is 16.2. The Kier molecular flexibility index (Phi) is 5.12. The average Bonchev–Trinajstić information content (AvgIpc) is 3.39. The lowest BCUT2D eigenvalue weighted by atomic mass is 9.95. The number of nitrogens with one attached hydrogen (secondary N) is 2. The van der Waals surface area contributed by atoms with Crippen molar-refractivity contribution in [3.05, 3.63) is 63.5 Å². The van der Waals surface area contributed by atoms with Gasteiger partial charge in [0.2, 0.25) is 0 Å². The van der Waals surface area contributed by atoms with E-state index in [2.05, 4.69) is 10.6 Å². The van der Waals surface area contributed by atoms with Crippen molar-refractivity contribution >= 4 is 29.2 Å². The van der Waals surface area contributed by atoms with Crippen LogP contribution in [0.2, 0.25) is 0 Å². The summed E-state index contributed by atoms with van der Waals surface area (Å²) in [6.45, 7) is 1.90. The van der Waals surface area contributed by atoms with Crippen LogP contribution >= 0.6 is 11.3 Å². The van der Waals surface area contributed by atoms with Crippen molar-refractivity contribution in [1.29, 1.82) is 0 Å². The number of carbonyl (C=O) groups is 2. The predicted molar refractivity (Wildman–Crippen MR) is 108 cm³/mol. The summed E-state index contributed by atoms with van der Waals surface area (Å²) in [5.41, 5.74) is 1.79. The predicted octanol–water partition coefficient (Wildman–Crippen LogP) is 4.13. The fraction of sp³-hybridized carbons (Fsp3) is 0.364. The molecule has 0 spiro atoms. The van der Waals surface area contributed by atoms with E-state index in [0.29, 0.717) is 17.2 Å². The summed E-state index contributed by atoms with van der Waals surface area (Å²) in [7, 11) is 0. The Balaban J connectivity index is 1.53. The number of carbonyl (C=O) groups excluding carboxylic acids is 2. The number of hydrogen-bond acceptors (Lipinski definition) is 3. The normalized spacial score (nSPS) is 24.0. The fourth-order valence-corrected chi connectivity index (χ4v) is 5.02. The van der Waals surface area contributed by atoms with Gasteiger partial charge in [-0.25, -0.2) is 0 Å². The highest BCUT2D eigenvalue weighted by Gasteiger charge is 2.40. The Bertz CT molecular complexity index is 872. The standard InChI is InChI=1S/C22H24N2O2S/c1-14-5-2-3-7-18(14)21(25)24-20(13-17-6-4-10-27-17)22(26)23-19-12-15-8-9-16(19)11-15/h2-7,10,13,15-16,19H,8-9,11-12H2,1H3,(H,23,26)(H,24,25)/b20-13-/t15-,16+,19-/m0/s1. The Morgan fingerprint density at radius 3 is 2.63 bits per heavy atom. The number of amides is 2. The van der Waals surface area contributed by atoms with Crippen LogP contribution in [0.1, 0.15) is 46.5 Å². The second-order valence-corrected chi connectivity index (χ2v) is 8.58. The summed E-state index contributed by atoms with van der Waals surface area (Å²) < 4.78 is 0. The molecule has 2 amide bonds.